The van der Waals surface area contributed by atoms with Crippen LogP contribution in [-0.4, -0.2) is 36.1 Å². The molecule has 0 bridgehead atoms. The quantitative estimate of drug-likeness (QED) is 0.942. The molecule has 1 fully saturated rings. The van der Waals surface area contributed by atoms with E-state index in [9.17, 15) is 14.7 Å². The first-order valence-corrected chi connectivity index (χ1v) is 7.57. The predicted molar refractivity (Wildman–Crippen MR) is 88.6 cm³/mol. The molecule has 118 valence electrons. The number of piperazine rings is 1. The maximum absolute atomic E-state index is 12.9. The van der Waals surface area contributed by atoms with E-state index in [1.54, 1.807) is 4.90 Å². The van der Waals surface area contributed by atoms with Gasteiger partial charge in [0.2, 0.25) is 5.91 Å². The highest BCUT2D eigenvalue weighted by atomic mass is 16.4. The fraction of sp³-hybridized carbons (Fsp3) is 0.222. The lowest BCUT2D eigenvalue weighted by molar-refractivity contribution is -0.139. The van der Waals surface area contributed by atoms with E-state index in [4.69, 9.17) is 0 Å². The molecule has 1 saturated heterocycles. The van der Waals surface area contributed by atoms with Crippen LogP contribution in [0, 0.1) is 0 Å². The minimum Gasteiger partial charge on any atom is -0.481 e. The van der Waals surface area contributed by atoms with Crippen LogP contribution in [0.2, 0.25) is 0 Å². The smallest absolute Gasteiger partial charge is 0.305 e. The molecular formula is C18H18N2O3. The lowest BCUT2D eigenvalue weighted by atomic mass is 10.0. The molecule has 23 heavy (non-hydrogen) atoms. The summed E-state index contributed by atoms with van der Waals surface area (Å²) in [5.41, 5.74) is 1.68. The van der Waals surface area contributed by atoms with E-state index >= 15 is 0 Å². The van der Waals surface area contributed by atoms with Crippen LogP contribution in [0.15, 0.2) is 60.7 Å². The summed E-state index contributed by atoms with van der Waals surface area (Å²) in [7, 11) is 0. The van der Waals surface area contributed by atoms with Gasteiger partial charge < -0.3 is 14.9 Å². The molecule has 5 nitrogen and oxygen atoms in total. The number of nitrogens with zero attached hydrogens (tertiary/aromatic N) is 2. The van der Waals surface area contributed by atoms with Crippen LogP contribution in [0.3, 0.4) is 0 Å². The summed E-state index contributed by atoms with van der Waals surface area (Å²) in [5, 5.41) is 9.21. The van der Waals surface area contributed by atoms with E-state index in [-0.39, 0.29) is 12.3 Å². The van der Waals surface area contributed by atoms with Crippen molar-refractivity contribution in [3.8, 4) is 0 Å². The van der Waals surface area contributed by atoms with Crippen LogP contribution < -0.4 is 9.80 Å². The molecule has 0 radical (unpaired) electrons. The van der Waals surface area contributed by atoms with Gasteiger partial charge in [0, 0.05) is 24.5 Å². The number of rotatable bonds is 4. The van der Waals surface area contributed by atoms with Gasteiger partial charge in [-0.1, -0.05) is 36.4 Å². The molecule has 1 atom stereocenters. The average molecular weight is 310 g/mol. The van der Waals surface area contributed by atoms with Gasteiger partial charge in [0.25, 0.3) is 0 Å². The second-order valence-electron chi connectivity index (χ2n) is 5.47. The lowest BCUT2D eigenvalue weighted by Crippen LogP contribution is -2.58. The molecule has 1 N–H and O–H groups in total. The monoisotopic (exact) mass is 310 g/mol. The largest absolute Gasteiger partial charge is 0.481 e. The molecule has 1 unspecified atom stereocenters. The number of aliphatic carboxylic acids is 1. The van der Waals surface area contributed by atoms with Crippen molar-refractivity contribution in [3.05, 3.63) is 60.7 Å². The molecular weight excluding hydrogens is 292 g/mol. The first-order chi connectivity index (χ1) is 11.2. The molecule has 2 aromatic carbocycles. The van der Waals surface area contributed by atoms with Gasteiger partial charge in [0.1, 0.15) is 6.04 Å². The standard InChI is InChI=1S/C18H18N2O3/c21-17(22)13-16-18(23)20(15-9-5-2-6-10-15)12-11-19(16)14-7-3-1-4-8-14/h1-10,16H,11-13H2,(H,21,22). The number of para-hydroxylation sites is 2. The summed E-state index contributed by atoms with van der Waals surface area (Å²) in [6.45, 7) is 1.14. The minimum absolute atomic E-state index is 0.172. The highest BCUT2D eigenvalue weighted by Gasteiger charge is 2.36. The van der Waals surface area contributed by atoms with Crippen molar-refractivity contribution in [2.75, 3.05) is 22.9 Å². The SMILES string of the molecule is O=C(O)CC1C(=O)N(c2ccccc2)CCN1c1ccccc1. The van der Waals surface area contributed by atoms with E-state index in [1.165, 1.54) is 0 Å². The number of carboxylic acid groups (broad SMARTS) is 1. The van der Waals surface area contributed by atoms with Gasteiger partial charge in [0.05, 0.1) is 6.42 Å². The second kappa shape index (κ2) is 6.52. The first kappa shape index (κ1) is 15.1. The zero-order valence-electron chi connectivity index (χ0n) is 12.6. The number of anilines is 2. The average Bonchev–Trinajstić information content (AvgIpc) is 2.58. The van der Waals surface area contributed by atoms with Crippen molar-refractivity contribution in [1.82, 2.24) is 0 Å². The van der Waals surface area contributed by atoms with Crippen LogP contribution in [-0.2, 0) is 9.59 Å². The molecule has 0 aromatic heterocycles. The Morgan fingerprint density at radius 1 is 0.957 bits per heavy atom. The maximum Gasteiger partial charge on any atom is 0.305 e. The van der Waals surface area contributed by atoms with Gasteiger partial charge in [0.15, 0.2) is 0 Å². The lowest BCUT2D eigenvalue weighted by Gasteiger charge is -2.41. The van der Waals surface area contributed by atoms with Gasteiger partial charge in [-0.05, 0) is 24.3 Å². The molecule has 0 saturated carbocycles. The number of hydrogen-bond donors (Lipinski definition) is 1. The highest BCUT2D eigenvalue weighted by Crippen LogP contribution is 2.26. The Morgan fingerprint density at radius 3 is 2.09 bits per heavy atom. The molecule has 1 aliphatic heterocycles. The summed E-state index contributed by atoms with van der Waals surface area (Å²) in [4.78, 5) is 27.7. The third-order valence-corrected chi connectivity index (χ3v) is 4.02. The molecule has 3 rings (SSSR count). The number of carboxylic acids is 1. The van der Waals surface area contributed by atoms with Crippen molar-refractivity contribution in [2.24, 2.45) is 0 Å². The van der Waals surface area contributed by atoms with E-state index in [2.05, 4.69) is 0 Å². The molecule has 2 aromatic rings. The van der Waals surface area contributed by atoms with Crippen molar-refractivity contribution >= 4 is 23.3 Å². The van der Waals surface area contributed by atoms with Gasteiger partial charge in [-0.3, -0.25) is 9.59 Å². The van der Waals surface area contributed by atoms with Crippen LogP contribution in [0.25, 0.3) is 0 Å². The molecule has 5 heteroatoms. The highest BCUT2D eigenvalue weighted by molar-refractivity contribution is 6.02. The summed E-state index contributed by atoms with van der Waals surface area (Å²) in [6, 6.07) is 18.2. The Morgan fingerprint density at radius 2 is 1.52 bits per heavy atom. The normalized spacial score (nSPS) is 18.1. The Kier molecular flexibility index (Phi) is 4.28. The van der Waals surface area contributed by atoms with E-state index in [0.717, 1.165) is 11.4 Å². The molecule has 1 amide bonds. The summed E-state index contributed by atoms with van der Waals surface area (Å²) in [6.07, 6.45) is -0.211. The molecule has 1 heterocycles. The van der Waals surface area contributed by atoms with Gasteiger partial charge >= 0.3 is 5.97 Å². The summed E-state index contributed by atoms with van der Waals surface area (Å²) < 4.78 is 0. The van der Waals surface area contributed by atoms with Crippen molar-refractivity contribution < 1.29 is 14.7 Å². The van der Waals surface area contributed by atoms with Crippen LogP contribution in [0.4, 0.5) is 11.4 Å². The molecule has 1 aliphatic rings. The van der Waals surface area contributed by atoms with Gasteiger partial charge in [-0.25, -0.2) is 0 Å². The van der Waals surface area contributed by atoms with Crippen LogP contribution >= 0.6 is 0 Å². The minimum atomic E-state index is -0.973. The number of carbonyl (C=O) groups excluding carboxylic acids is 1. The Bertz CT molecular complexity index is 688. The Balaban J connectivity index is 1.90. The number of amides is 1. The van der Waals surface area contributed by atoms with E-state index in [1.807, 2.05) is 65.6 Å². The zero-order valence-corrected chi connectivity index (χ0v) is 12.6. The fourth-order valence-corrected chi connectivity index (χ4v) is 2.94. The van der Waals surface area contributed by atoms with Crippen LogP contribution in [0.1, 0.15) is 6.42 Å². The number of hydrogen-bond acceptors (Lipinski definition) is 3. The molecule has 0 aliphatic carbocycles. The predicted octanol–water partition coefficient (Wildman–Crippen LogP) is 2.38. The van der Waals surface area contributed by atoms with E-state index < -0.39 is 12.0 Å². The number of carbonyl (C=O) groups is 2. The van der Waals surface area contributed by atoms with Crippen molar-refractivity contribution in [1.29, 1.82) is 0 Å². The third kappa shape index (κ3) is 3.18. The zero-order chi connectivity index (χ0) is 16.2. The van der Waals surface area contributed by atoms with Gasteiger partial charge in [-0.2, -0.15) is 0 Å². The maximum atomic E-state index is 12.9. The summed E-state index contributed by atoms with van der Waals surface area (Å²) in [5.74, 6) is -1.15. The summed E-state index contributed by atoms with van der Waals surface area (Å²) >= 11 is 0. The van der Waals surface area contributed by atoms with Crippen molar-refractivity contribution in [2.45, 2.75) is 12.5 Å². The first-order valence-electron chi connectivity index (χ1n) is 7.57. The van der Waals surface area contributed by atoms with Gasteiger partial charge in [-0.15, -0.1) is 0 Å². The second-order valence-corrected chi connectivity index (χ2v) is 5.47. The molecule has 0 spiro atoms. The van der Waals surface area contributed by atoms with Crippen LogP contribution in [0.5, 0.6) is 0 Å². The third-order valence-electron chi connectivity index (χ3n) is 4.02. The number of benzene rings is 2. The van der Waals surface area contributed by atoms with E-state index in [0.29, 0.717) is 13.1 Å². The Hall–Kier alpha value is -2.82. The Labute approximate surface area is 134 Å². The fourth-order valence-electron chi connectivity index (χ4n) is 2.94. The topological polar surface area (TPSA) is 60.9 Å². The van der Waals surface area contributed by atoms with Crippen molar-refractivity contribution in [3.63, 3.8) is 0 Å².